The van der Waals surface area contributed by atoms with E-state index in [0.29, 0.717) is 0 Å². The van der Waals surface area contributed by atoms with Crippen LogP contribution in [0.5, 0.6) is 0 Å². The number of aromatic nitrogens is 2. The molecule has 0 saturated carbocycles. The van der Waals surface area contributed by atoms with Gasteiger partial charge < -0.3 is 9.13 Å². The summed E-state index contributed by atoms with van der Waals surface area (Å²) >= 11 is 0. The normalized spacial score (nSPS) is 11.8. The van der Waals surface area contributed by atoms with Crippen molar-refractivity contribution in [2.45, 2.75) is 0 Å². The van der Waals surface area contributed by atoms with Crippen LogP contribution in [-0.2, 0) is 0 Å². The number of hydrogen-bond acceptors (Lipinski definition) is 0. The second-order valence-electron chi connectivity index (χ2n) is 12.6. The van der Waals surface area contributed by atoms with Crippen LogP contribution in [0.15, 0.2) is 182 Å². The Balaban J connectivity index is 1.19. The highest BCUT2D eigenvalue weighted by Crippen LogP contribution is 2.40. The molecule has 0 atom stereocenters. The molecular weight excluding hydrogens is 581 g/mol. The largest absolute Gasteiger partial charge is 0.309 e. The van der Waals surface area contributed by atoms with E-state index in [2.05, 4.69) is 191 Å². The Hall–Kier alpha value is -6.38. The molecular formula is C46H30N2. The Morgan fingerprint density at radius 2 is 0.750 bits per heavy atom. The van der Waals surface area contributed by atoms with E-state index in [9.17, 15) is 0 Å². The van der Waals surface area contributed by atoms with Crippen LogP contribution in [0.1, 0.15) is 0 Å². The van der Waals surface area contributed by atoms with Crippen molar-refractivity contribution in [3.05, 3.63) is 182 Å². The van der Waals surface area contributed by atoms with Gasteiger partial charge in [0.25, 0.3) is 0 Å². The molecule has 0 radical (unpaired) electrons. The van der Waals surface area contributed by atoms with Crippen LogP contribution >= 0.6 is 0 Å². The lowest BCUT2D eigenvalue weighted by Crippen LogP contribution is -1.95. The molecule has 0 aliphatic heterocycles. The van der Waals surface area contributed by atoms with Crippen LogP contribution in [0.25, 0.3) is 88.0 Å². The molecule has 2 nitrogen and oxygen atoms in total. The van der Waals surface area contributed by atoms with Gasteiger partial charge in [-0.3, -0.25) is 0 Å². The zero-order valence-electron chi connectivity index (χ0n) is 26.2. The Kier molecular flexibility index (Phi) is 5.91. The Morgan fingerprint density at radius 3 is 1.40 bits per heavy atom. The molecule has 8 aromatic carbocycles. The van der Waals surface area contributed by atoms with Gasteiger partial charge in [-0.25, -0.2) is 0 Å². The fourth-order valence-corrected chi connectivity index (χ4v) is 7.70. The maximum Gasteiger partial charge on any atom is 0.0548 e. The van der Waals surface area contributed by atoms with Crippen molar-refractivity contribution in [2.24, 2.45) is 0 Å². The zero-order valence-corrected chi connectivity index (χ0v) is 26.2. The van der Waals surface area contributed by atoms with Gasteiger partial charge in [0.05, 0.1) is 22.1 Å². The summed E-state index contributed by atoms with van der Waals surface area (Å²) in [5, 5.41) is 7.51. The maximum atomic E-state index is 2.43. The van der Waals surface area contributed by atoms with Crippen molar-refractivity contribution >= 4 is 54.4 Å². The van der Waals surface area contributed by atoms with Gasteiger partial charge in [0.1, 0.15) is 0 Å². The molecule has 0 spiro atoms. The number of hydrogen-bond donors (Lipinski definition) is 0. The highest BCUT2D eigenvalue weighted by atomic mass is 15.0. The third kappa shape index (κ3) is 4.06. The van der Waals surface area contributed by atoms with E-state index < -0.39 is 0 Å². The second-order valence-corrected chi connectivity index (χ2v) is 12.6. The lowest BCUT2D eigenvalue weighted by Gasteiger charge is -2.13. The van der Waals surface area contributed by atoms with E-state index in [4.69, 9.17) is 0 Å². The highest BCUT2D eigenvalue weighted by Gasteiger charge is 2.18. The maximum absolute atomic E-state index is 2.43. The van der Waals surface area contributed by atoms with Crippen molar-refractivity contribution in [3.63, 3.8) is 0 Å². The van der Waals surface area contributed by atoms with Crippen molar-refractivity contribution in [2.75, 3.05) is 0 Å². The molecule has 0 saturated heterocycles. The SMILES string of the molecule is c1ccc(-c2ccccc2-c2ccc(-n3c4ccccc4c4cc5c(cc43)c3ccccc3n5-c3ccc4ccccc4c3)cc2)cc1. The van der Waals surface area contributed by atoms with E-state index in [1.165, 1.54) is 82.3 Å². The van der Waals surface area contributed by atoms with Gasteiger partial charge in [-0.05, 0) is 81.6 Å². The summed E-state index contributed by atoms with van der Waals surface area (Å²) in [5.74, 6) is 0. The van der Waals surface area contributed by atoms with E-state index in [1.54, 1.807) is 0 Å². The van der Waals surface area contributed by atoms with Crippen LogP contribution < -0.4 is 0 Å². The lowest BCUT2D eigenvalue weighted by molar-refractivity contribution is 1.18. The van der Waals surface area contributed by atoms with Crippen molar-refractivity contribution < 1.29 is 0 Å². The van der Waals surface area contributed by atoms with Gasteiger partial charge in [-0.1, -0.05) is 133 Å². The first kappa shape index (κ1) is 26.8. The summed E-state index contributed by atoms with van der Waals surface area (Å²) < 4.78 is 4.86. The fraction of sp³-hybridized carbons (Fsp3) is 0. The number of nitrogens with zero attached hydrogens (tertiary/aromatic N) is 2. The summed E-state index contributed by atoms with van der Waals surface area (Å²) in [7, 11) is 0. The van der Waals surface area contributed by atoms with Crippen LogP contribution in [0.2, 0.25) is 0 Å². The highest BCUT2D eigenvalue weighted by molar-refractivity contribution is 6.19. The molecule has 48 heavy (non-hydrogen) atoms. The number of benzene rings is 8. The summed E-state index contributed by atoms with van der Waals surface area (Å²) in [6, 6.07) is 66.2. The number of rotatable bonds is 4. The first-order chi connectivity index (χ1) is 23.8. The van der Waals surface area contributed by atoms with E-state index >= 15 is 0 Å². The molecule has 0 bridgehead atoms. The van der Waals surface area contributed by atoms with Crippen LogP contribution in [-0.4, -0.2) is 9.13 Å². The van der Waals surface area contributed by atoms with Gasteiger partial charge >= 0.3 is 0 Å². The molecule has 10 rings (SSSR count). The molecule has 2 heterocycles. The summed E-state index contributed by atoms with van der Waals surface area (Å²) in [6.07, 6.45) is 0. The van der Waals surface area contributed by atoms with Gasteiger partial charge in [-0.2, -0.15) is 0 Å². The quantitative estimate of drug-likeness (QED) is 0.188. The Labute approximate surface area is 278 Å². The predicted molar refractivity (Wildman–Crippen MR) is 203 cm³/mol. The Morgan fingerprint density at radius 1 is 0.271 bits per heavy atom. The second kappa shape index (κ2) is 10.6. The van der Waals surface area contributed by atoms with Crippen LogP contribution in [0.4, 0.5) is 0 Å². The molecule has 0 unspecified atom stereocenters. The molecule has 2 heteroatoms. The van der Waals surface area contributed by atoms with E-state index in [0.717, 1.165) is 5.69 Å². The topological polar surface area (TPSA) is 9.86 Å². The molecule has 2 aromatic heterocycles. The minimum atomic E-state index is 1.15. The minimum absolute atomic E-state index is 1.15. The minimum Gasteiger partial charge on any atom is -0.309 e. The standard InChI is InChI=1S/C46H30N2/c1-2-13-32(14-3-1)37-16-6-7-17-38(37)33-23-25-35(26-24-33)47-43-20-10-8-18-39(43)41-30-46-42(29-45(41)47)40-19-9-11-21-44(40)48(46)36-27-22-31-12-4-5-15-34(31)28-36/h1-30H. The zero-order chi connectivity index (χ0) is 31.6. The first-order valence-corrected chi connectivity index (χ1v) is 16.5. The van der Waals surface area contributed by atoms with Crippen molar-refractivity contribution in [1.82, 2.24) is 9.13 Å². The van der Waals surface area contributed by atoms with Crippen molar-refractivity contribution in [1.29, 1.82) is 0 Å². The molecule has 0 amide bonds. The van der Waals surface area contributed by atoms with Gasteiger partial charge in [-0.15, -0.1) is 0 Å². The number of fused-ring (bicyclic) bond motifs is 7. The van der Waals surface area contributed by atoms with Gasteiger partial charge in [0, 0.05) is 32.9 Å². The molecule has 0 aliphatic rings. The first-order valence-electron chi connectivity index (χ1n) is 16.5. The average molecular weight is 611 g/mol. The lowest BCUT2D eigenvalue weighted by atomic mass is 9.94. The van der Waals surface area contributed by atoms with E-state index in [1.807, 2.05) is 0 Å². The fourth-order valence-electron chi connectivity index (χ4n) is 7.70. The molecule has 224 valence electrons. The van der Waals surface area contributed by atoms with Crippen LogP contribution in [0, 0.1) is 0 Å². The average Bonchev–Trinajstić information content (AvgIpc) is 3.66. The molecule has 0 fully saturated rings. The molecule has 0 aliphatic carbocycles. The molecule has 0 N–H and O–H groups in total. The van der Waals surface area contributed by atoms with Gasteiger partial charge in [0.2, 0.25) is 0 Å². The van der Waals surface area contributed by atoms with E-state index in [-0.39, 0.29) is 0 Å². The number of para-hydroxylation sites is 2. The summed E-state index contributed by atoms with van der Waals surface area (Å²) in [5.41, 5.74) is 12.1. The smallest absolute Gasteiger partial charge is 0.0548 e. The monoisotopic (exact) mass is 610 g/mol. The third-order valence-corrected chi connectivity index (χ3v) is 9.91. The van der Waals surface area contributed by atoms with Gasteiger partial charge in [0.15, 0.2) is 0 Å². The summed E-state index contributed by atoms with van der Waals surface area (Å²) in [4.78, 5) is 0. The van der Waals surface area contributed by atoms with Crippen molar-refractivity contribution in [3.8, 4) is 33.6 Å². The molecule has 10 aromatic rings. The summed E-state index contributed by atoms with van der Waals surface area (Å²) in [6.45, 7) is 0. The third-order valence-electron chi connectivity index (χ3n) is 9.91. The van der Waals surface area contributed by atoms with Crippen LogP contribution in [0.3, 0.4) is 0 Å². The predicted octanol–water partition coefficient (Wildman–Crippen LogP) is 12.4. The Bertz CT molecular complexity index is 2820.